The zero-order valence-electron chi connectivity index (χ0n) is 14.7. The smallest absolute Gasteiger partial charge is 0.140 e. The van der Waals surface area contributed by atoms with E-state index in [4.69, 9.17) is 0 Å². The lowest BCUT2D eigenvalue weighted by atomic mass is 9.80. The molecule has 0 amide bonds. The Morgan fingerprint density at radius 3 is 1.71 bits per heavy atom. The van der Waals surface area contributed by atoms with Crippen LogP contribution in [0.1, 0.15) is 63.0 Å². The number of rotatable bonds is 10. The van der Waals surface area contributed by atoms with Crippen LogP contribution in [0.15, 0.2) is 60.7 Å². The molecule has 0 aliphatic carbocycles. The highest BCUT2D eigenvalue weighted by atomic mass is 16.3. The van der Waals surface area contributed by atoms with Crippen molar-refractivity contribution in [1.29, 1.82) is 0 Å². The van der Waals surface area contributed by atoms with Crippen molar-refractivity contribution in [3.05, 3.63) is 71.8 Å². The van der Waals surface area contributed by atoms with Crippen molar-refractivity contribution in [3.8, 4) is 0 Å². The summed E-state index contributed by atoms with van der Waals surface area (Å²) >= 11 is 0. The molecule has 0 saturated carbocycles. The molecule has 24 heavy (non-hydrogen) atoms. The summed E-state index contributed by atoms with van der Waals surface area (Å²) in [6, 6.07) is 19.0. The molecule has 1 unspecified atom stereocenters. The SMILES string of the molecule is CCCCCCCCC(O)C(O)(c1ccccc1)c1ccccc1. The Balaban J connectivity index is 2.09. The van der Waals surface area contributed by atoms with E-state index in [9.17, 15) is 10.2 Å². The summed E-state index contributed by atoms with van der Waals surface area (Å²) in [5, 5.41) is 22.2. The fraction of sp³-hybridized carbons (Fsp3) is 0.455. The van der Waals surface area contributed by atoms with Crippen molar-refractivity contribution in [1.82, 2.24) is 0 Å². The Kier molecular flexibility index (Phi) is 7.48. The van der Waals surface area contributed by atoms with Crippen LogP contribution in [0.2, 0.25) is 0 Å². The van der Waals surface area contributed by atoms with Crippen LogP contribution in [-0.4, -0.2) is 16.3 Å². The zero-order chi connectivity index (χ0) is 17.3. The van der Waals surface area contributed by atoms with Crippen LogP contribution >= 0.6 is 0 Å². The van der Waals surface area contributed by atoms with Gasteiger partial charge in [-0.25, -0.2) is 0 Å². The summed E-state index contributed by atoms with van der Waals surface area (Å²) in [6.07, 6.45) is 6.82. The molecular weight excluding hydrogens is 296 g/mol. The molecule has 0 bridgehead atoms. The molecule has 0 aliphatic rings. The summed E-state index contributed by atoms with van der Waals surface area (Å²) in [4.78, 5) is 0. The van der Waals surface area contributed by atoms with Crippen LogP contribution in [0.25, 0.3) is 0 Å². The van der Waals surface area contributed by atoms with E-state index in [1.807, 2.05) is 60.7 Å². The first-order chi connectivity index (χ1) is 11.7. The van der Waals surface area contributed by atoms with Gasteiger partial charge < -0.3 is 10.2 Å². The van der Waals surface area contributed by atoms with Crippen molar-refractivity contribution < 1.29 is 10.2 Å². The summed E-state index contributed by atoms with van der Waals surface area (Å²) < 4.78 is 0. The second-order valence-electron chi connectivity index (χ2n) is 6.57. The maximum absolute atomic E-state index is 11.4. The Morgan fingerprint density at radius 2 is 1.21 bits per heavy atom. The van der Waals surface area contributed by atoms with E-state index >= 15 is 0 Å². The minimum absolute atomic E-state index is 0.604. The highest BCUT2D eigenvalue weighted by molar-refractivity contribution is 5.37. The molecule has 1 atom stereocenters. The van der Waals surface area contributed by atoms with Crippen LogP contribution in [0.4, 0.5) is 0 Å². The monoisotopic (exact) mass is 326 g/mol. The Labute approximate surface area is 146 Å². The summed E-state index contributed by atoms with van der Waals surface area (Å²) in [7, 11) is 0. The second-order valence-corrected chi connectivity index (χ2v) is 6.57. The normalized spacial score (nSPS) is 13.0. The van der Waals surface area contributed by atoms with Crippen molar-refractivity contribution in [3.63, 3.8) is 0 Å². The van der Waals surface area contributed by atoms with Gasteiger partial charge in [0.2, 0.25) is 0 Å². The minimum atomic E-state index is -1.36. The van der Waals surface area contributed by atoms with E-state index < -0.39 is 11.7 Å². The molecule has 2 rings (SSSR count). The van der Waals surface area contributed by atoms with Crippen LogP contribution in [0, 0.1) is 0 Å². The fourth-order valence-corrected chi connectivity index (χ4v) is 3.26. The standard InChI is InChI=1S/C22H30O2/c1-2-3-4-5-6-13-18-21(23)22(24,19-14-9-7-10-15-19)20-16-11-8-12-17-20/h7-12,14-17,21,23-24H,2-6,13,18H2,1H3. The van der Waals surface area contributed by atoms with E-state index in [1.165, 1.54) is 25.7 Å². The molecule has 0 radical (unpaired) electrons. The summed E-state index contributed by atoms with van der Waals surface area (Å²) in [5.41, 5.74) is 0.135. The molecule has 0 spiro atoms. The van der Waals surface area contributed by atoms with Crippen LogP contribution in [-0.2, 0) is 5.60 Å². The number of benzene rings is 2. The van der Waals surface area contributed by atoms with E-state index in [1.54, 1.807) is 0 Å². The molecule has 2 nitrogen and oxygen atoms in total. The van der Waals surface area contributed by atoms with Gasteiger partial charge >= 0.3 is 0 Å². The predicted octanol–water partition coefficient (Wildman–Crippen LogP) is 5.03. The second kappa shape index (κ2) is 9.61. The third-order valence-electron chi connectivity index (χ3n) is 4.74. The average molecular weight is 326 g/mol. The van der Waals surface area contributed by atoms with Gasteiger partial charge in [0.15, 0.2) is 0 Å². The van der Waals surface area contributed by atoms with Gasteiger partial charge in [0.05, 0.1) is 6.10 Å². The number of hydrogen-bond donors (Lipinski definition) is 2. The van der Waals surface area contributed by atoms with Crippen molar-refractivity contribution in [2.75, 3.05) is 0 Å². The molecule has 0 fully saturated rings. The lowest BCUT2D eigenvalue weighted by Gasteiger charge is -2.34. The van der Waals surface area contributed by atoms with Crippen LogP contribution < -0.4 is 0 Å². The fourth-order valence-electron chi connectivity index (χ4n) is 3.26. The van der Waals surface area contributed by atoms with E-state index in [0.29, 0.717) is 6.42 Å². The van der Waals surface area contributed by atoms with Crippen molar-refractivity contribution in [2.45, 2.75) is 63.6 Å². The van der Waals surface area contributed by atoms with Gasteiger partial charge in [0, 0.05) is 0 Å². The van der Waals surface area contributed by atoms with Gasteiger partial charge in [-0.3, -0.25) is 0 Å². The van der Waals surface area contributed by atoms with Gasteiger partial charge in [0.1, 0.15) is 5.60 Å². The van der Waals surface area contributed by atoms with Crippen LogP contribution in [0.3, 0.4) is 0 Å². The average Bonchev–Trinajstić information content (AvgIpc) is 2.65. The van der Waals surface area contributed by atoms with Gasteiger partial charge in [0.25, 0.3) is 0 Å². The first-order valence-electron chi connectivity index (χ1n) is 9.21. The highest BCUT2D eigenvalue weighted by Crippen LogP contribution is 2.35. The topological polar surface area (TPSA) is 40.5 Å². The molecule has 2 N–H and O–H groups in total. The molecule has 2 heteroatoms. The highest BCUT2D eigenvalue weighted by Gasteiger charge is 2.38. The molecule has 0 heterocycles. The zero-order valence-corrected chi connectivity index (χ0v) is 14.7. The first kappa shape index (κ1) is 18.7. The van der Waals surface area contributed by atoms with Crippen molar-refractivity contribution >= 4 is 0 Å². The number of aliphatic hydroxyl groups excluding tert-OH is 1. The quantitative estimate of drug-likeness (QED) is 0.601. The Hall–Kier alpha value is -1.64. The van der Waals surface area contributed by atoms with Gasteiger partial charge in [-0.2, -0.15) is 0 Å². The van der Waals surface area contributed by atoms with Gasteiger partial charge in [-0.1, -0.05) is 106 Å². The number of unbranched alkanes of at least 4 members (excludes halogenated alkanes) is 5. The van der Waals surface area contributed by atoms with E-state index in [2.05, 4.69) is 6.92 Å². The van der Waals surface area contributed by atoms with E-state index in [0.717, 1.165) is 24.0 Å². The third kappa shape index (κ3) is 4.68. The number of aliphatic hydroxyl groups is 2. The lowest BCUT2D eigenvalue weighted by molar-refractivity contribution is -0.0542. The molecular formula is C22H30O2. The Bertz CT molecular complexity index is 526. The maximum atomic E-state index is 11.4. The lowest BCUT2D eigenvalue weighted by Crippen LogP contribution is -2.40. The molecule has 0 aromatic heterocycles. The first-order valence-corrected chi connectivity index (χ1v) is 9.21. The summed E-state index contributed by atoms with van der Waals surface area (Å²) in [6.45, 7) is 2.21. The number of hydrogen-bond acceptors (Lipinski definition) is 2. The minimum Gasteiger partial charge on any atom is -0.389 e. The largest absolute Gasteiger partial charge is 0.389 e. The molecule has 130 valence electrons. The third-order valence-corrected chi connectivity index (χ3v) is 4.74. The van der Waals surface area contributed by atoms with E-state index in [-0.39, 0.29) is 0 Å². The summed E-state index contributed by atoms with van der Waals surface area (Å²) in [5.74, 6) is 0. The van der Waals surface area contributed by atoms with Crippen molar-refractivity contribution in [2.24, 2.45) is 0 Å². The molecule has 2 aromatic carbocycles. The molecule has 0 saturated heterocycles. The molecule has 2 aromatic rings. The van der Waals surface area contributed by atoms with Gasteiger partial charge in [-0.05, 0) is 17.5 Å². The van der Waals surface area contributed by atoms with Crippen LogP contribution in [0.5, 0.6) is 0 Å². The maximum Gasteiger partial charge on any atom is 0.140 e. The Morgan fingerprint density at radius 1 is 0.750 bits per heavy atom. The molecule has 0 aliphatic heterocycles. The predicted molar refractivity (Wildman–Crippen MR) is 99.9 cm³/mol. The van der Waals surface area contributed by atoms with Gasteiger partial charge in [-0.15, -0.1) is 0 Å².